The molecule has 0 saturated carbocycles. The summed E-state index contributed by atoms with van der Waals surface area (Å²) < 4.78 is 0. The van der Waals surface area contributed by atoms with Crippen molar-refractivity contribution in [2.24, 2.45) is 0 Å². The molecule has 15 heavy (non-hydrogen) atoms. The van der Waals surface area contributed by atoms with Gasteiger partial charge in [-0.05, 0) is 28.8 Å². The maximum Gasteiger partial charge on any atom is 0.234 e. The zero-order valence-electron chi connectivity index (χ0n) is 8.67. The SMILES string of the molecule is C#CCNCC(=O)NCc1cscc1C. The number of hydrogen-bond donors (Lipinski definition) is 2. The van der Waals surface area contributed by atoms with Crippen LogP contribution in [0, 0.1) is 19.3 Å². The Hall–Kier alpha value is -1.31. The second-order valence-corrected chi connectivity index (χ2v) is 3.91. The summed E-state index contributed by atoms with van der Waals surface area (Å²) in [6.45, 7) is 3.32. The van der Waals surface area contributed by atoms with E-state index in [1.165, 1.54) is 11.1 Å². The summed E-state index contributed by atoms with van der Waals surface area (Å²) >= 11 is 1.65. The molecule has 1 aromatic rings. The molecule has 80 valence electrons. The third kappa shape index (κ3) is 4.15. The average molecular weight is 222 g/mol. The molecule has 1 heterocycles. The van der Waals surface area contributed by atoms with Crippen LogP contribution in [0.15, 0.2) is 10.8 Å². The Morgan fingerprint density at radius 1 is 1.60 bits per heavy atom. The normalized spacial score (nSPS) is 9.60. The van der Waals surface area contributed by atoms with Crippen molar-refractivity contribution in [1.29, 1.82) is 0 Å². The molecule has 0 radical (unpaired) electrons. The van der Waals surface area contributed by atoms with E-state index in [4.69, 9.17) is 6.42 Å². The first-order chi connectivity index (χ1) is 7.24. The van der Waals surface area contributed by atoms with Crippen molar-refractivity contribution in [3.05, 3.63) is 21.9 Å². The van der Waals surface area contributed by atoms with E-state index in [-0.39, 0.29) is 12.5 Å². The first-order valence-electron chi connectivity index (χ1n) is 4.66. The summed E-state index contributed by atoms with van der Waals surface area (Å²) in [6, 6.07) is 0. The van der Waals surface area contributed by atoms with Gasteiger partial charge in [-0.3, -0.25) is 10.1 Å². The largest absolute Gasteiger partial charge is 0.351 e. The fourth-order valence-electron chi connectivity index (χ4n) is 1.07. The predicted octanol–water partition coefficient (Wildman–Crippen LogP) is 0.896. The summed E-state index contributed by atoms with van der Waals surface area (Å²) in [4.78, 5) is 11.3. The van der Waals surface area contributed by atoms with Crippen LogP contribution in [0.4, 0.5) is 0 Å². The number of carbonyl (C=O) groups is 1. The fraction of sp³-hybridized carbons (Fsp3) is 0.364. The van der Waals surface area contributed by atoms with E-state index in [1.807, 2.05) is 12.3 Å². The van der Waals surface area contributed by atoms with Gasteiger partial charge in [0, 0.05) is 6.54 Å². The zero-order chi connectivity index (χ0) is 11.1. The highest BCUT2D eigenvalue weighted by Crippen LogP contribution is 2.12. The predicted molar refractivity (Wildman–Crippen MR) is 62.6 cm³/mol. The van der Waals surface area contributed by atoms with E-state index in [1.54, 1.807) is 11.3 Å². The molecular formula is C11H14N2OS. The van der Waals surface area contributed by atoms with Crippen LogP contribution < -0.4 is 10.6 Å². The van der Waals surface area contributed by atoms with E-state index in [0.717, 1.165) is 0 Å². The summed E-state index contributed by atoms with van der Waals surface area (Å²) in [5.74, 6) is 2.38. The van der Waals surface area contributed by atoms with E-state index in [9.17, 15) is 4.79 Å². The minimum atomic E-state index is -0.0316. The average Bonchev–Trinajstić information content (AvgIpc) is 2.61. The molecule has 3 nitrogen and oxygen atoms in total. The number of rotatable bonds is 5. The van der Waals surface area contributed by atoms with Gasteiger partial charge >= 0.3 is 0 Å². The molecule has 0 bridgehead atoms. The van der Waals surface area contributed by atoms with Crippen LogP contribution in [-0.2, 0) is 11.3 Å². The van der Waals surface area contributed by atoms with Gasteiger partial charge < -0.3 is 5.32 Å². The zero-order valence-corrected chi connectivity index (χ0v) is 9.49. The Bertz CT molecular complexity index is 365. The van der Waals surface area contributed by atoms with Crippen molar-refractivity contribution in [3.8, 4) is 12.3 Å². The third-order valence-electron chi connectivity index (χ3n) is 1.95. The lowest BCUT2D eigenvalue weighted by Crippen LogP contribution is -2.33. The van der Waals surface area contributed by atoms with Crippen molar-refractivity contribution in [2.75, 3.05) is 13.1 Å². The summed E-state index contributed by atoms with van der Waals surface area (Å²) in [7, 11) is 0. The van der Waals surface area contributed by atoms with Gasteiger partial charge in [0.25, 0.3) is 0 Å². The van der Waals surface area contributed by atoms with Crippen LogP contribution in [0.5, 0.6) is 0 Å². The molecule has 4 heteroatoms. The maximum atomic E-state index is 11.3. The Labute approximate surface area is 93.9 Å². The molecule has 0 atom stereocenters. The van der Waals surface area contributed by atoms with E-state index in [2.05, 4.69) is 21.9 Å². The molecule has 0 saturated heterocycles. The van der Waals surface area contributed by atoms with Gasteiger partial charge in [0.1, 0.15) is 0 Å². The Kier molecular flexibility index (Phi) is 4.88. The smallest absolute Gasteiger partial charge is 0.234 e. The third-order valence-corrected chi connectivity index (χ3v) is 2.86. The maximum absolute atomic E-state index is 11.3. The van der Waals surface area contributed by atoms with Gasteiger partial charge in [-0.1, -0.05) is 5.92 Å². The number of nitrogens with one attached hydrogen (secondary N) is 2. The lowest BCUT2D eigenvalue weighted by molar-refractivity contribution is -0.120. The summed E-state index contributed by atoms with van der Waals surface area (Å²) in [5.41, 5.74) is 2.39. The number of hydrogen-bond acceptors (Lipinski definition) is 3. The molecule has 0 aliphatic rings. The van der Waals surface area contributed by atoms with Crippen LogP contribution in [0.1, 0.15) is 11.1 Å². The number of terminal acetylenes is 1. The quantitative estimate of drug-likeness (QED) is 0.574. The van der Waals surface area contributed by atoms with Gasteiger partial charge in [0.15, 0.2) is 0 Å². The molecule has 2 N–H and O–H groups in total. The Morgan fingerprint density at radius 3 is 3.00 bits per heavy atom. The van der Waals surface area contributed by atoms with E-state index >= 15 is 0 Å². The molecule has 0 unspecified atom stereocenters. The van der Waals surface area contributed by atoms with Crippen molar-refractivity contribution in [2.45, 2.75) is 13.5 Å². The molecular weight excluding hydrogens is 208 g/mol. The van der Waals surface area contributed by atoms with Crippen molar-refractivity contribution < 1.29 is 4.79 Å². The second kappa shape index (κ2) is 6.23. The van der Waals surface area contributed by atoms with Crippen LogP contribution in [0.25, 0.3) is 0 Å². The molecule has 0 fully saturated rings. The highest BCUT2D eigenvalue weighted by molar-refractivity contribution is 7.08. The van der Waals surface area contributed by atoms with Crippen LogP contribution in [0.2, 0.25) is 0 Å². The lowest BCUT2D eigenvalue weighted by atomic mass is 10.2. The molecule has 0 aliphatic carbocycles. The summed E-state index contributed by atoms with van der Waals surface area (Å²) in [6.07, 6.45) is 5.04. The molecule has 0 aromatic carbocycles. The van der Waals surface area contributed by atoms with Crippen molar-refractivity contribution in [3.63, 3.8) is 0 Å². The number of aryl methyl sites for hydroxylation is 1. The van der Waals surface area contributed by atoms with Crippen LogP contribution >= 0.6 is 11.3 Å². The monoisotopic (exact) mass is 222 g/mol. The molecule has 0 aliphatic heterocycles. The van der Waals surface area contributed by atoms with Gasteiger partial charge in [-0.2, -0.15) is 11.3 Å². The number of amides is 1. The second-order valence-electron chi connectivity index (χ2n) is 3.16. The van der Waals surface area contributed by atoms with Gasteiger partial charge in [0.2, 0.25) is 5.91 Å². The highest BCUT2D eigenvalue weighted by Gasteiger charge is 2.02. The van der Waals surface area contributed by atoms with Crippen molar-refractivity contribution in [1.82, 2.24) is 10.6 Å². The Balaban J connectivity index is 2.23. The van der Waals surface area contributed by atoms with Crippen LogP contribution in [-0.4, -0.2) is 19.0 Å². The molecule has 1 aromatic heterocycles. The first-order valence-corrected chi connectivity index (χ1v) is 5.61. The Morgan fingerprint density at radius 2 is 2.40 bits per heavy atom. The highest BCUT2D eigenvalue weighted by atomic mass is 32.1. The van der Waals surface area contributed by atoms with Gasteiger partial charge in [0.05, 0.1) is 13.1 Å². The van der Waals surface area contributed by atoms with Gasteiger partial charge in [-0.25, -0.2) is 0 Å². The topological polar surface area (TPSA) is 41.1 Å². The number of thiophene rings is 1. The fourth-order valence-corrected chi connectivity index (χ4v) is 1.93. The van der Waals surface area contributed by atoms with Crippen LogP contribution in [0.3, 0.4) is 0 Å². The minimum absolute atomic E-state index is 0.0316. The molecule has 1 amide bonds. The lowest BCUT2D eigenvalue weighted by Gasteiger charge is -2.04. The number of carbonyl (C=O) groups excluding carboxylic acids is 1. The molecule has 0 spiro atoms. The first kappa shape index (κ1) is 11.8. The van der Waals surface area contributed by atoms with E-state index in [0.29, 0.717) is 13.1 Å². The van der Waals surface area contributed by atoms with E-state index < -0.39 is 0 Å². The van der Waals surface area contributed by atoms with Crippen molar-refractivity contribution >= 4 is 17.2 Å². The minimum Gasteiger partial charge on any atom is -0.351 e. The standard InChI is InChI=1S/C11H14N2OS/c1-3-4-12-6-11(14)13-5-10-8-15-7-9(10)2/h1,7-8,12H,4-6H2,2H3,(H,13,14). The molecule has 1 rings (SSSR count). The van der Waals surface area contributed by atoms with Gasteiger partial charge in [-0.15, -0.1) is 6.42 Å². The summed E-state index contributed by atoms with van der Waals surface area (Å²) in [5, 5.41) is 9.77.